The molecule has 19 heavy (non-hydrogen) atoms. The Bertz CT molecular complexity index is 588. The molecular formula is C13H11NO5. The summed E-state index contributed by atoms with van der Waals surface area (Å²) in [5, 5.41) is 8.53. The van der Waals surface area contributed by atoms with Crippen LogP contribution < -0.4 is 4.74 Å². The van der Waals surface area contributed by atoms with E-state index >= 15 is 0 Å². The van der Waals surface area contributed by atoms with Crippen LogP contribution in [-0.2, 0) is 14.3 Å². The maximum atomic E-state index is 11.3. The number of carbonyl (C=O) groups is 2. The van der Waals surface area contributed by atoms with Crippen LogP contribution in [0, 0.1) is 6.92 Å². The molecule has 6 heteroatoms. The fourth-order valence-electron chi connectivity index (χ4n) is 1.48. The molecule has 0 saturated heterocycles. The summed E-state index contributed by atoms with van der Waals surface area (Å²) < 4.78 is 10.2. The molecule has 0 spiro atoms. The van der Waals surface area contributed by atoms with Gasteiger partial charge in [-0.3, -0.25) is 0 Å². The van der Waals surface area contributed by atoms with Crippen molar-refractivity contribution in [1.29, 1.82) is 0 Å². The number of cyclic esters (lactones) is 1. The van der Waals surface area contributed by atoms with Crippen LogP contribution in [0.25, 0.3) is 0 Å². The number of esters is 1. The van der Waals surface area contributed by atoms with Crippen LogP contribution in [0.1, 0.15) is 5.56 Å². The fraction of sp³-hybridized carbons (Fsp3) is 0.154. The lowest BCUT2D eigenvalue weighted by molar-refractivity contribution is -0.133. The van der Waals surface area contributed by atoms with E-state index in [4.69, 9.17) is 14.6 Å². The maximum absolute atomic E-state index is 11.3. The van der Waals surface area contributed by atoms with Gasteiger partial charge in [-0.05, 0) is 24.6 Å². The maximum Gasteiger partial charge on any atom is 0.363 e. The second-order valence-electron chi connectivity index (χ2n) is 3.87. The minimum atomic E-state index is -1.25. The van der Waals surface area contributed by atoms with Gasteiger partial charge >= 0.3 is 11.9 Å². The van der Waals surface area contributed by atoms with Gasteiger partial charge in [-0.25, -0.2) is 14.6 Å². The van der Waals surface area contributed by atoms with Crippen molar-refractivity contribution in [3.63, 3.8) is 0 Å². The number of benzene rings is 1. The second kappa shape index (κ2) is 5.34. The molecule has 1 N–H and O–H groups in total. The molecule has 0 fully saturated rings. The summed E-state index contributed by atoms with van der Waals surface area (Å²) in [5.41, 5.74) is 0.796. The third kappa shape index (κ3) is 3.41. The first-order valence-electron chi connectivity index (χ1n) is 5.48. The van der Waals surface area contributed by atoms with Crippen molar-refractivity contribution in [2.45, 2.75) is 6.92 Å². The van der Waals surface area contributed by atoms with Gasteiger partial charge in [-0.15, -0.1) is 0 Å². The highest BCUT2D eigenvalue weighted by Gasteiger charge is 2.24. The lowest BCUT2D eigenvalue weighted by atomic mass is 10.2. The lowest BCUT2D eigenvalue weighted by Crippen LogP contribution is -2.13. The zero-order valence-corrected chi connectivity index (χ0v) is 10.1. The SMILES string of the molecule is Cc1cccc(OCC2=N/C(=C/C(=O)O)C(=O)O2)c1. The summed E-state index contributed by atoms with van der Waals surface area (Å²) in [7, 11) is 0. The molecule has 0 aromatic heterocycles. The van der Waals surface area contributed by atoms with Gasteiger partial charge < -0.3 is 14.6 Å². The van der Waals surface area contributed by atoms with Crippen molar-refractivity contribution < 1.29 is 24.2 Å². The molecule has 1 heterocycles. The molecule has 0 saturated carbocycles. The van der Waals surface area contributed by atoms with Crippen LogP contribution in [0.5, 0.6) is 5.75 Å². The number of hydrogen-bond donors (Lipinski definition) is 1. The summed E-state index contributed by atoms with van der Waals surface area (Å²) in [6, 6.07) is 7.35. The van der Waals surface area contributed by atoms with Gasteiger partial charge in [0.2, 0.25) is 5.90 Å². The van der Waals surface area contributed by atoms with E-state index in [9.17, 15) is 9.59 Å². The largest absolute Gasteiger partial charge is 0.484 e. The molecule has 1 aromatic carbocycles. The molecule has 0 aliphatic carbocycles. The summed E-state index contributed by atoms with van der Waals surface area (Å²) in [4.78, 5) is 25.4. The van der Waals surface area contributed by atoms with Crippen molar-refractivity contribution in [2.24, 2.45) is 4.99 Å². The van der Waals surface area contributed by atoms with Gasteiger partial charge in [0.15, 0.2) is 12.3 Å². The zero-order valence-electron chi connectivity index (χ0n) is 10.1. The normalized spacial score (nSPS) is 16.2. The molecule has 1 aliphatic heterocycles. The Hall–Kier alpha value is -2.63. The number of aliphatic carboxylic acids is 1. The number of ether oxygens (including phenoxy) is 2. The quantitative estimate of drug-likeness (QED) is 0.652. The summed E-state index contributed by atoms with van der Waals surface area (Å²) >= 11 is 0. The average Bonchev–Trinajstić information content (AvgIpc) is 2.67. The number of rotatable bonds is 4. The van der Waals surface area contributed by atoms with Crippen LogP contribution >= 0.6 is 0 Å². The Morgan fingerprint density at radius 1 is 1.53 bits per heavy atom. The lowest BCUT2D eigenvalue weighted by Gasteiger charge is -2.05. The van der Waals surface area contributed by atoms with Gasteiger partial charge in [0.1, 0.15) is 5.75 Å². The third-order valence-corrected chi connectivity index (χ3v) is 2.28. The van der Waals surface area contributed by atoms with Crippen molar-refractivity contribution in [3.05, 3.63) is 41.6 Å². The Kier molecular flexibility index (Phi) is 3.61. The highest BCUT2D eigenvalue weighted by molar-refractivity contribution is 6.07. The van der Waals surface area contributed by atoms with Gasteiger partial charge in [0.25, 0.3) is 0 Å². The predicted molar refractivity (Wildman–Crippen MR) is 65.9 cm³/mol. The number of hydrogen-bond acceptors (Lipinski definition) is 5. The van der Waals surface area contributed by atoms with E-state index in [0.717, 1.165) is 5.56 Å². The number of carboxylic acid groups (broad SMARTS) is 1. The Labute approximate surface area is 109 Å². The summed E-state index contributed by atoms with van der Waals surface area (Å²) in [5.74, 6) is -1.38. The number of carbonyl (C=O) groups excluding carboxylic acids is 1. The van der Waals surface area contributed by atoms with E-state index in [0.29, 0.717) is 11.8 Å². The van der Waals surface area contributed by atoms with Crippen LogP contribution in [0.2, 0.25) is 0 Å². The third-order valence-electron chi connectivity index (χ3n) is 2.28. The first-order valence-corrected chi connectivity index (χ1v) is 5.48. The number of aryl methyl sites for hydroxylation is 1. The highest BCUT2D eigenvalue weighted by atomic mass is 16.6. The van der Waals surface area contributed by atoms with Crippen LogP contribution in [0.4, 0.5) is 0 Å². The number of nitrogens with zero attached hydrogens (tertiary/aromatic N) is 1. The minimum absolute atomic E-state index is 0.0356. The van der Waals surface area contributed by atoms with E-state index in [2.05, 4.69) is 4.99 Å². The van der Waals surface area contributed by atoms with E-state index in [1.165, 1.54) is 0 Å². The van der Waals surface area contributed by atoms with Gasteiger partial charge in [-0.1, -0.05) is 12.1 Å². The van der Waals surface area contributed by atoms with Crippen molar-refractivity contribution in [2.75, 3.05) is 6.61 Å². The molecule has 0 bridgehead atoms. The van der Waals surface area contributed by atoms with Gasteiger partial charge in [0.05, 0.1) is 6.08 Å². The molecule has 0 atom stereocenters. The standard InChI is InChI=1S/C13H11NO5/c1-8-3-2-4-9(5-8)18-7-11-14-10(6-12(15)16)13(17)19-11/h2-6H,7H2,1H3,(H,15,16)/b10-6+. The molecular weight excluding hydrogens is 250 g/mol. The Balaban J connectivity index is 2.01. The molecule has 1 aromatic rings. The highest BCUT2D eigenvalue weighted by Crippen LogP contribution is 2.15. The van der Waals surface area contributed by atoms with Crippen molar-refractivity contribution >= 4 is 17.8 Å². The molecule has 0 unspecified atom stereocenters. The van der Waals surface area contributed by atoms with E-state index in [1.54, 1.807) is 6.07 Å². The monoisotopic (exact) mass is 261 g/mol. The molecule has 0 amide bonds. The number of carboxylic acids is 1. The minimum Gasteiger partial charge on any atom is -0.484 e. The van der Waals surface area contributed by atoms with Gasteiger partial charge in [-0.2, -0.15) is 0 Å². The predicted octanol–water partition coefficient (Wildman–Crippen LogP) is 1.30. The molecule has 0 radical (unpaired) electrons. The zero-order chi connectivity index (χ0) is 13.8. The fourth-order valence-corrected chi connectivity index (χ4v) is 1.48. The van der Waals surface area contributed by atoms with Crippen molar-refractivity contribution in [1.82, 2.24) is 0 Å². The van der Waals surface area contributed by atoms with Crippen LogP contribution in [0.3, 0.4) is 0 Å². The molecule has 1 aliphatic rings. The first kappa shape index (κ1) is 12.8. The van der Waals surface area contributed by atoms with E-state index < -0.39 is 11.9 Å². The summed E-state index contributed by atoms with van der Waals surface area (Å²) in [6.45, 7) is 1.89. The van der Waals surface area contributed by atoms with Crippen LogP contribution in [0.15, 0.2) is 41.0 Å². The summed E-state index contributed by atoms with van der Waals surface area (Å²) in [6.07, 6.45) is 0.696. The van der Waals surface area contributed by atoms with Gasteiger partial charge in [0, 0.05) is 0 Å². The van der Waals surface area contributed by atoms with Crippen molar-refractivity contribution in [3.8, 4) is 5.75 Å². The van der Waals surface area contributed by atoms with E-state index in [-0.39, 0.29) is 18.2 Å². The molecule has 98 valence electrons. The topological polar surface area (TPSA) is 85.2 Å². The average molecular weight is 261 g/mol. The van der Waals surface area contributed by atoms with E-state index in [1.807, 2.05) is 25.1 Å². The number of aliphatic imine (C=N–C) groups is 1. The smallest absolute Gasteiger partial charge is 0.363 e. The Morgan fingerprint density at radius 3 is 3.00 bits per heavy atom. The first-order chi connectivity index (χ1) is 9.04. The molecule has 2 rings (SSSR count). The molecule has 6 nitrogen and oxygen atoms in total. The van der Waals surface area contributed by atoms with Crippen LogP contribution in [-0.4, -0.2) is 29.5 Å². The second-order valence-corrected chi connectivity index (χ2v) is 3.87. The Morgan fingerprint density at radius 2 is 2.32 bits per heavy atom.